The highest BCUT2D eigenvalue weighted by Crippen LogP contribution is 2.17. The van der Waals surface area contributed by atoms with E-state index >= 15 is 0 Å². The van der Waals surface area contributed by atoms with E-state index in [0.717, 1.165) is 18.5 Å². The van der Waals surface area contributed by atoms with Crippen molar-refractivity contribution in [1.29, 1.82) is 0 Å². The number of hydrogen-bond donors (Lipinski definition) is 2. The van der Waals surface area contributed by atoms with Gasteiger partial charge < -0.3 is 15.4 Å². The van der Waals surface area contributed by atoms with Gasteiger partial charge in [0, 0.05) is 19.3 Å². The standard InChI is InChI=1S/C15H24N2O2/c1-4-7-13-8-5-6-9-14(13)17-12(2)15(18)16-10-11-19-3/h5-6,8-9,12,17H,4,7,10-11H2,1-3H3,(H,16,18). The Morgan fingerprint density at radius 2 is 2.11 bits per heavy atom. The minimum atomic E-state index is -0.255. The molecule has 2 N–H and O–H groups in total. The lowest BCUT2D eigenvalue weighted by atomic mass is 10.1. The van der Waals surface area contributed by atoms with Crippen LogP contribution >= 0.6 is 0 Å². The Morgan fingerprint density at radius 3 is 2.79 bits per heavy atom. The Morgan fingerprint density at radius 1 is 1.37 bits per heavy atom. The van der Waals surface area contributed by atoms with Crippen molar-refractivity contribution >= 4 is 11.6 Å². The van der Waals surface area contributed by atoms with Gasteiger partial charge in [0.05, 0.1) is 6.61 Å². The van der Waals surface area contributed by atoms with Crippen LogP contribution in [0.1, 0.15) is 25.8 Å². The Labute approximate surface area is 115 Å². The molecule has 0 aliphatic carbocycles. The van der Waals surface area contributed by atoms with E-state index in [1.54, 1.807) is 7.11 Å². The number of aryl methyl sites for hydroxylation is 1. The van der Waals surface area contributed by atoms with E-state index in [1.807, 2.05) is 25.1 Å². The van der Waals surface area contributed by atoms with E-state index in [2.05, 4.69) is 23.6 Å². The number of methoxy groups -OCH3 is 1. The van der Waals surface area contributed by atoms with Gasteiger partial charge in [-0.25, -0.2) is 0 Å². The molecule has 4 heteroatoms. The summed E-state index contributed by atoms with van der Waals surface area (Å²) in [6.07, 6.45) is 2.11. The van der Waals surface area contributed by atoms with Crippen molar-refractivity contribution in [1.82, 2.24) is 5.32 Å². The zero-order valence-corrected chi connectivity index (χ0v) is 12.0. The van der Waals surface area contributed by atoms with Crippen LogP contribution in [0.25, 0.3) is 0 Å². The number of amides is 1. The molecule has 106 valence electrons. The predicted molar refractivity (Wildman–Crippen MR) is 78.4 cm³/mol. The number of nitrogens with one attached hydrogen (secondary N) is 2. The smallest absolute Gasteiger partial charge is 0.242 e. The van der Waals surface area contributed by atoms with Gasteiger partial charge in [-0.2, -0.15) is 0 Å². The molecule has 1 atom stereocenters. The molecule has 0 fully saturated rings. The van der Waals surface area contributed by atoms with Crippen LogP contribution in [0, 0.1) is 0 Å². The summed E-state index contributed by atoms with van der Waals surface area (Å²) >= 11 is 0. The van der Waals surface area contributed by atoms with Gasteiger partial charge in [-0.3, -0.25) is 4.79 Å². The maximum atomic E-state index is 11.9. The lowest BCUT2D eigenvalue weighted by molar-refractivity contribution is -0.121. The van der Waals surface area contributed by atoms with Crippen molar-refractivity contribution in [3.63, 3.8) is 0 Å². The summed E-state index contributed by atoms with van der Waals surface area (Å²) in [5.41, 5.74) is 2.29. The Bertz CT molecular complexity index is 393. The van der Waals surface area contributed by atoms with Gasteiger partial charge in [0.1, 0.15) is 6.04 Å². The largest absolute Gasteiger partial charge is 0.383 e. The summed E-state index contributed by atoms with van der Waals surface area (Å²) in [6, 6.07) is 7.87. The van der Waals surface area contributed by atoms with Crippen LogP contribution in [0.3, 0.4) is 0 Å². The number of ether oxygens (including phenoxy) is 1. The van der Waals surface area contributed by atoms with Crippen LogP contribution in [0.15, 0.2) is 24.3 Å². The summed E-state index contributed by atoms with van der Waals surface area (Å²) < 4.78 is 4.91. The predicted octanol–water partition coefficient (Wildman–Crippen LogP) is 2.20. The molecule has 0 spiro atoms. The van der Waals surface area contributed by atoms with E-state index < -0.39 is 0 Å². The molecular weight excluding hydrogens is 240 g/mol. The van der Waals surface area contributed by atoms with Crippen molar-refractivity contribution in [3.8, 4) is 0 Å². The molecule has 0 radical (unpaired) electrons. The molecule has 1 rings (SSSR count). The fourth-order valence-electron chi connectivity index (χ4n) is 1.88. The second-order valence-electron chi connectivity index (χ2n) is 4.56. The molecule has 0 saturated heterocycles. The second kappa shape index (κ2) is 8.53. The highest BCUT2D eigenvalue weighted by molar-refractivity contribution is 5.84. The van der Waals surface area contributed by atoms with Gasteiger partial charge >= 0.3 is 0 Å². The van der Waals surface area contributed by atoms with Crippen molar-refractivity contribution in [2.75, 3.05) is 25.6 Å². The maximum absolute atomic E-state index is 11.9. The summed E-state index contributed by atoms with van der Waals surface area (Å²) in [4.78, 5) is 11.9. The van der Waals surface area contributed by atoms with Gasteiger partial charge in [-0.15, -0.1) is 0 Å². The number of hydrogen-bond acceptors (Lipinski definition) is 3. The first-order valence-electron chi connectivity index (χ1n) is 6.80. The molecule has 19 heavy (non-hydrogen) atoms. The minimum Gasteiger partial charge on any atom is -0.383 e. The van der Waals surface area contributed by atoms with Crippen LogP contribution < -0.4 is 10.6 Å². The summed E-state index contributed by atoms with van der Waals surface area (Å²) in [5, 5.41) is 6.10. The van der Waals surface area contributed by atoms with Crippen LogP contribution in [-0.4, -0.2) is 32.2 Å². The van der Waals surface area contributed by atoms with E-state index in [0.29, 0.717) is 13.2 Å². The van der Waals surface area contributed by atoms with Crippen LogP contribution in [0.2, 0.25) is 0 Å². The number of para-hydroxylation sites is 1. The third-order valence-electron chi connectivity index (χ3n) is 2.91. The molecule has 0 heterocycles. The SMILES string of the molecule is CCCc1ccccc1NC(C)C(=O)NCCOC. The van der Waals surface area contributed by atoms with Gasteiger partial charge in [-0.1, -0.05) is 31.5 Å². The molecule has 0 aliphatic heterocycles. The second-order valence-corrected chi connectivity index (χ2v) is 4.56. The molecule has 0 saturated carbocycles. The molecule has 1 aromatic rings. The topological polar surface area (TPSA) is 50.4 Å². The van der Waals surface area contributed by atoms with Crippen molar-refractivity contribution in [3.05, 3.63) is 29.8 Å². The van der Waals surface area contributed by atoms with Crippen molar-refractivity contribution < 1.29 is 9.53 Å². The zero-order valence-electron chi connectivity index (χ0n) is 12.0. The summed E-state index contributed by atoms with van der Waals surface area (Å²) in [7, 11) is 1.62. The van der Waals surface area contributed by atoms with Crippen molar-refractivity contribution in [2.45, 2.75) is 32.7 Å². The molecule has 0 bridgehead atoms. The van der Waals surface area contributed by atoms with Gasteiger partial charge in [0.15, 0.2) is 0 Å². The average Bonchev–Trinajstić information content (AvgIpc) is 2.41. The molecule has 4 nitrogen and oxygen atoms in total. The molecule has 0 aliphatic rings. The lowest BCUT2D eigenvalue weighted by Gasteiger charge is -2.17. The number of benzene rings is 1. The molecule has 0 aromatic heterocycles. The average molecular weight is 264 g/mol. The molecule has 1 amide bonds. The first kappa shape index (κ1) is 15.5. The number of anilines is 1. The van der Waals surface area contributed by atoms with Crippen LogP contribution in [-0.2, 0) is 16.0 Å². The Balaban J connectivity index is 2.55. The quantitative estimate of drug-likeness (QED) is 0.708. The van der Waals surface area contributed by atoms with Gasteiger partial charge in [-0.05, 0) is 25.0 Å². The molecule has 1 aromatic carbocycles. The Hall–Kier alpha value is -1.55. The first-order chi connectivity index (χ1) is 9.19. The van der Waals surface area contributed by atoms with Gasteiger partial charge in [0.25, 0.3) is 0 Å². The summed E-state index contributed by atoms with van der Waals surface area (Å²) in [5.74, 6) is -0.0108. The fraction of sp³-hybridized carbons (Fsp3) is 0.533. The minimum absolute atomic E-state index is 0.0108. The third-order valence-corrected chi connectivity index (χ3v) is 2.91. The lowest BCUT2D eigenvalue weighted by Crippen LogP contribution is -2.39. The third kappa shape index (κ3) is 5.30. The van der Waals surface area contributed by atoms with Crippen molar-refractivity contribution in [2.24, 2.45) is 0 Å². The van der Waals surface area contributed by atoms with Crippen LogP contribution in [0.5, 0.6) is 0 Å². The van der Waals surface area contributed by atoms with E-state index in [1.165, 1.54) is 5.56 Å². The highest BCUT2D eigenvalue weighted by atomic mass is 16.5. The normalized spacial score (nSPS) is 11.9. The van der Waals surface area contributed by atoms with E-state index in [4.69, 9.17) is 4.74 Å². The van der Waals surface area contributed by atoms with E-state index in [9.17, 15) is 4.79 Å². The summed E-state index contributed by atoms with van der Waals surface area (Å²) in [6.45, 7) is 5.09. The maximum Gasteiger partial charge on any atom is 0.242 e. The van der Waals surface area contributed by atoms with E-state index in [-0.39, 0.29) is 11.9 Å². The number of carbonyl (C=O) groups excluding carboxylic acids is 1. The fourth-order valence-corrected chi connectivity index (χ4v) is 1.88. The molecular formula is C15H24N2O2. The zero-order chi connectivity index (χ0) is 14.1. The van der Waals surface area contributed by atoms with Crippen LogP contribution in [0.4, 0.5) is 5.69 Å². The monoisotopic (exact) mass is 264 g/mol. The molecule has 1 unspecified atom stereocenters. The number of carbonyl (C=O) groups is 1. The number of rotatable bonds is 8. The Kier molecular flexibility index (Phi) is 6.97. The highest BCUT2D eigenvalue weighted by Gasteiger charge is 2.13. The first-order valence-corrected chi connectivity index (χ1v) is 6.80. The van der Waals surface area contributed by atoms with Gasteiger partial charge in [0.2, 0.25) is 5.91 Å².